The molecule has 23 heavy (non-hydrogen) atoms. The third-order valence-corrected chi connectivity index (χ3v) is 5.90. The lowest BCUT2D eigenvalue weighted by molar-refractivity contribution is -0.0286. The molecule has 0 aromatic heterocycles. The van der Waals surface area contributed by atoms with Gasteiger partial charge in [-0.05, 0) is 37.4 Å². The molecule has 2 aliphatic heterocycles. The first-order valence-electron chi connectivity index (χ1n) is 8.61. The quantitative estimate of drug-likeness (QED) is 0.844. The number of piperazine rings is 1. The van der Waals surface area contributed by atoms with Crippen molar-refractivity contribution in [3.63, 3.8) is 0 Å². The first kappa shape index (κ1) is 17.2. The van der Waals surface area contributed by atoms with Gasteiger partial charge < -0.3 is 10.0 Å². The van der Waals surface area contributed by atoms with Crippen molar-refractivity contribution in [3.05, 3.63) is 29.8 Å². The van der Waals surface area contributed by atoms with E-state index < -0.39 is 0 Å². The van der Waals surface area contributed by atoms with E-state index in [0.29, 0.717) is 6.04 Å². The third kappa shape index (κ3) is 4.48. The fourth-order valence-electron chi connectivity index (χ4n) is 3.74. The molecule has 128 valence electrons. The van der Waals surface area contributed by atoms with Crippen LogP contribution < -0.4 is 0 Å². The molecule has 0 amide bonds. The van der Waals surface area contributed by atoms with Gasteiger partial charge in [-0.1, -0.05) is 12.1 Å². The molecule has 0 spiro atoms. The maximum absolute atomic E-state index is 10.6. The van der Waals surface area contributed by atoms with Crippen LogP contribution in [0.15, 0.2) is 29.2 Å². The highest BCUT2D eigenvalue weighted by molar-refractivity contribution is 7.98. The number of likely N-dealkylation sites (tertiary alicyclic amines) is 1. The minimum absolute atomic E-state index is 0.226. The molecular formula is C18H29N3OS. The van der Waals surface area contributed by atoms with Gasteiger partial charge >= 0.3 is 0 Å². The van der Waals surface area contributed by atoms with Crippen LogP contribution in [0.2, 0.25) is 0 Å². The van der Waals surface area contributed by atoms with Crippen molar-refractivity contribution in [3.8, 4) is 0 Å². The van der Waals surface area contributed by atoms with Crippen molar-refractivity contribution >= 4 is 11.8 Å². The molecule has 0 aliphatic carbocycles. The maximum Gasteiger partial charge on any atom is 0.0822 e. The summed E-state index contributed by atoms with van der Waals surface area (Å²) in [4.78, 5) is 8.58. The molecule has 0 unspecified atom stereocenters. The number of β-amino-alcohol motifs (C(OH)–C–C–N with tert-alkyl or cyclic N) is 1. The second kappa shape index (κ2) is 7.99. The molecule has 1 aromatic carbocycles. The molecule has 0 saturated carbocycles. The highest BCUT2D eigenvalue weighted by atomic mass is 32.2. The average Bonchev–Trinajstić information content (AvgIpc) is 2.56. The van der Waals surface area contributed by atoms with E-state index >= 15 is 0 Å². The van der Waals surface area contributed by atoms with E-state index in [1.54, 1.807) is 11.8 Å². The van der Waals surface area contributed by atoms with E-state index in [9.17, 15) is 5.11 Å². The maximum atomic E-state index is 10.6. The van der Waals surface area contributed by atoms with E-state index in [2.05, 4.69) is 52.3 Å². The standard InChI is InChI=1S/C18H29N3OS/c1-19-8-10-21(11-9-19)17-6-7-20(14-18(17)22)13-15-4-3-5-16(12-15)23-2/h3-5,12,17-18,22H,6-11,13-14H2,1-2H3/t17-,18-/m1/s1. The molecule has 4 nitrogen and oxygen atoms in total. The van der Waals surface area contributed by atoms with Crippen LogP contribution in [-0.2, 0) is 6.54 Å². The van der Waals surface area contributed by atoms with Gasteiger partial charge in [0.15, 0.2) is 0 Å². The van der Waals surface area contributed by atoms with E-state index in [0.717, 1.165) is 52.2 Å². The summed E-state index contributed by atoms with van der Waals surface area (Å²) in [7, 11) is 2.18. The number of nitrogens with zero attached hydrogens (tertiary/aromatic N) is 3. The Kier molecular flexibility index (Phi) is 5.99. The zero-order valence-electron chi connectivity index (χ0n) is 14.3. The number of rotatable bonds is 4. The molecule has 2 heterocycles. The number of thioether (sulfide) groups is 1. The van der Waals surface area contributed by atoms with Gasteiger partial charge in [0.1, 0.15) is 0 Å². The van der Waals surface area contributed by atoms with Gasteiger partial charge in [0, 0.05) is 56.8 Å². The highest BCUT2D eigenvalue weighted by Gasteiger charge is 2.33. The number of hydrogen-bond donors (Lipinski definition) is 1. The largest absolute Gasteiger partial charge is 0.390 e. The fraction of sp³-hybridized carbons (Fsp3) is 0.667. The van der Waals surface area contributed by atoms with Gasteiger partial charge in [-0.25, -0.2) is 0 Å². The normalized spacial score (nSPS) is 28.1. The second-order valence-electron chi connectivity index (χ2n) is 6.85. The van der Waals surface area contributed by atoms with Crippen molar-refractivity contribution in [1.82, 2.24) is 14.7 Å². The Morgan fingerprint density at radius 2 is 1.96 bits per heavy atom. The molecule has 1 aromatic rings. The minimum atomic E-state index is -0.226. The summed E-state index contributed by atoms with van der Waals surface area (Å²) < 4.78 is 0. The van der Waals surface area contributed by atoms with Gasteiger partial charge in [0.2, 0.25) is 0 Å². The second-order valence-corrected chi connectivity index (χ2v) is 7.73. The smallest absolute Gasteiger partial charge is 0.0822 e. The van der Waals surface area contributed by atoms with Crippen LogP contribution in [0.5, 0.6) is 0 Å². The summed E-state index contributed by atoms with van der Waals surface area (Å²) in [6.07, 6.45) is 2.97. The van der Waals surface area contributed by atoms with Crippen LogP contribution in [0, 0.1) is 0 Å². The Morgan fingerprint density at radius 3 is 2.65 bits per heavy atom. The van der Waals surface area contributed by atoms with E-state index in [-0.39, 0.29) is 6.10 Å². The molecule has 0 bridgehead atoms. The molecule has 2 atom stereocenters. The summed E-state index contributed by atoms with van der Waals surface area (Å²) in [5.74, 6) is 0. The summed E-state index contributed by atoms with van der Waals surface area (Å²) >= 11 is 1.79. The Labute approximate surface area is 144 Å². The molecule has 2 aliphatic rings. The van der Waals surface area contributed by atoms with Crippen LogP contribution in [0.4, 0.5) is 0 Å². The predicted octanol–water partition coefficient (Wildman–Crippen LogP) is 1.59. The monoisotopic (exact) mass is 335 g/mol. The van der Waals surface area contributed by atoms with Gasteiger partial charge in [0.05, 0.1) is 6.10 Å². The predicted molar refractivity (Wildman–Crippen MR) is 97.0 cm³/mol. The first-order valence-corrected chi connectivity index (χ1v) is 9.84. The number of aliphatic hydroxyl groups is 1. The van der Waals surface area contributed by atoms with Crippen LogP contribution >= 0.6 is 11.8 Å². The van der Waals surface area contributed by atoms with E-state index in [1.165, 1.54) is 10.5 Å². The van der Waals surface area contributed by atoms with Crippen molar-refractivity contribution in [1.29, 1.82) is 0 Å². The fourth-order valence-corrected chi connectivity index (χ4v) is 4.22. The van der Waals surface area contributed by atoms with Gasteiger partial charge in [-0.3, -0.25) is 9.80 Å². The molecule has 1 N–H and O–H groups in total. The Hall–Kier alpha value is -0.590. The Balaban J connectivity index is 1.53. The molecule has 2 fully saturated rings. The third-order valence-electron chi connectivity index (χ3n) is 5.18. The van der Waals surface area contributed by atoms with Crippen LogP contribution in [0.3, 0.4) is 0 Å². The lowest BCUT2D eigenvalue weighted by Gasteiger charge is -2.44. The lowest BCUT2D eigenvalue weighted by atomic mass is 9.98. The molecule has 3 rings (SSSR count). The zero-order valence-corrected chi connectivity index (χ0v) is 15.1. The van der Waals surface area contributed by atoms with Crippen LogP contribution in [-0.4, -0.2) is 84.5 Å². The van der Waals surface area contributed by atoms with E-state index in [1.807, 2.05) is 0 Å². The van der Waals surface area contributed by atoms with Gasteiger partial charge in [0.25, 0.3) is 0 Å². The summed E-state index contributed by atoms with van der Waals surface area (Å²) in [5, 5.41) is 10.6. The molecular weight excluding hydrogens is 306 g/mol. The average molecular weight is 336 g/mol. The highest BCUT2D eigenvalue weighted by Crippen LogP contribution is 2.22. The number of hydrogen-bond acceptors (Lipinski definition) is 5. The lowest BCUT2D eigenvalue weighted by Crippen LogP contribution is -2.58. The van der Waals surface area contributed by atoms with Crippen LogP contribution in [0.1, 0.15) is 12.0 Å². The summed E-state index contributed by atoms with van der Waals surface area (Å²) in [5.41, 5.74) is 1.35. The van der Waals surface area contributed by atoms with Gasteiger partial charge in [-0.2, -0.15) is 0 Å². The van der Waals surface area contributed by atoms with E-state index in [4.69, 9.17) is 0 Å². The number of likely N-dealkylation sites (N-methyl/N-ethyl adjacent to an activating group) is 1. The summed E-state index contributed by atoms with van der Waals surface area (Å²) in [6.45, 7) is 7.24. The molecule has 5 heteroatoms. The summed E-state index contributed by atoms with van der Waals surface area (Å²) in [6, 6.07) is 9.09. The number of aliphatic hydroxyl groups excluding tert-OH is 1. The first-order chi connectivity index (χ1) is 11.2. The minimum Gasteiger partial charge on any atom is -0.390 e. The van der Waals surface area contributed by atoms with Crippen molar-refractivity contribution in [2.75, 3.05) is 52.6 Å². The number of piperidine rings is 1. The topological polar surface area (TPSA) is 30.0 Å². The van der Waals surface area contributed by atoms with Crippen molar-refractivity contribution in [2.24, 2.45) is 0 Å². The Bertz CT molecular complexity index is 505. The molecule has 0 radical (unpaired) electrons. The molecule has 2 saturated heterocycles. The van der Waals surface area contributed by atoms with Gasteiger partial charge in [-0.15, -0.1) is 11.8 Å². The van der Waals surface area contributed by atoms with Crippen molar-refractivity contribution < 1.29 is 5.11 Å². The van der Waals surface area contributed by atoms with Crippen molar-refractivity contribution in [2.45, 2.75) is 30.0 Å². The SMILES string of the molecule is CSc1cccc(CN2CC[C@@H](N3CCN(C)CC3)[C@H](O)C2)c1. The van der Waals surface area contributed by atoms with Crippen LogP contribution in [0.25, 0.3) is 0 Å². The Morgan fingerprint density at radius 1 is 1.17 bits per heavy atom. The number of benzene rings is 1. The zero-order chi connectivity index (χ0) is 16.2.